The van der Waals surface area contributed by atoms with Gasteiger partial charge in [-0.05, 0) is 36.2 Å². The zero-order chi connectivity index (χ0) is 20.0. The number of oxazole rings is 1. The summed E-state index contributed by atoms with van der Waals surface area (Å²) in [7, 11) is -2.29. The molecule has 0 saturated heterocycles. The van der Waals surface area contributed by atoms with Crippen LogP contribution in [0.3, 0.4) is 0 Å². The maximum Gasteiger partial charge on any atom is 0.233 e. The van der Waals surface area contributed by atoms with E-state index in [4.69, 9.17) is 9.15 Å². The first kappa shape index (κ1) is 19.9. The van der Waals surface area contributed by atoms with Crippen molar-refractivity contribution in [2.75, 3.05) is 12.4 Å². The Morgan fingerprint density at radius 2 is 1.79 bits per heavy atom. The van der Waals surface area contributed by atoms with Crippen LogP contribution in [0.1, 0.15) is 31.2 Å². The van der Waals surface area contributed by atoms with Gasteiger partial charge in [0.2, 0.25) is 20.7 Å². The average molecular weight is 401 g/mol. The van der Waals surface area contributed by atoms with Gasteiger partial charge >= 0.3 is 0 Å². The molecule has 28 heavy (non-hydrogen) atoms. The van der Waals surface area contributed by atoms with E-state index >= 15 is 0 Å². The lowest BCUT2D eigenvalue weighted by molar-refractivity contribution is 0.414. The Morgan fingerprint density at radius 3 is 2.43 bits per heavy atom. The van der Waals surface area contributed by atoms with Gasteiger partial charge in [0.05, 0.1) is 12.0 Å². The van der Waals surface area contributed by atoms with Gasteiger partial charge < -0.3 is 14.5 Å². The van der Waals surface area contributed by atoms with Crippen LogP contribution in [0.15, 0.2) is 68.9 Å². The van der Waals surface area contributed by atoms with E-state index in [1.54, 1.807) is 12.1 Å². The van der Waals surface area contributed by atoms with Gasteiger partial charge in [-0.25, -0.2) is 8.42 Å². The fraction of sp³-hybridized carbons (Fsp3) is 0.286. The van der Waals surface area contributed by atoms with Gasteiger partial charge in [-0.3, -0.25) is 0 Å². The smallest absolute Gasteiger partial charge is 0.233 e. The molecule has 0 aliphatic rings. The van der Waals surface area contributed by atoms with Gasteiger partial charge in [-0.2, -0.15) is 4.98 Å². The third kappa shape index (κ3) is 4.54. The maximum atomic E-state index is 13.1. The minimum atomic E-state index is -3.83. The third-order valence-electron chi connectivity index (χ3n) is 4.30. The molecule has 7 heteroatoms. The molecule has 0 aliphatic heterocycles. The molecule has 0 fully saturated rings. The number of unbranched alkanes of at least 4 members (excludes halogenated alkanes) is 1. The number of anilines is 1. The summed E-state index contributed by atoms with van der Waals surface area (Å²) in [6, 6.07) is 16.0. The van der Waals surface area contributed by atoms with Crippen molar-refractivity contribution in [1.82, 2.24) is 4.98 Å². The van der Waals surface area contributed by atoms with E-state index in [0.717, 1.165) is 18.4 Å². The fourth-order valence-electron chi connectivity index (χ4n) is 2.72. The minimum Gasteiger partial charge on any atom is -0.497 e. The quantitative estimate of drug-likeness (QED) is 0.571. The second-order valence-electron chi connectivity index (χ2n) is 6.36. The highest BCUT2D eigenvalue weighted by Crippen LogP contribution is 2.30. The number of ether oxygens (including phenoxy) is 1. The van der Waals surface area contributed by atoms with E-state index in [0.29, 0.717) is 24.6 Å². The summed E-state index contributed by atoms with van der Waals surface area (Å²) >= 11 is 0. The minimum absolute atomic E-state index is 0.0836. The predicted molar refractivity (Wildman–Crippen MR) is 107 cm³/mol. The van der Waals surface area contributed by atoms with Crippen LogP contribution < -0.4 is 10.1 Å². The number of nitrogens with one attached hydrogen (secondary N) is 1. The molecule has 0 bridgehead atoms. The normalized spacial score (nSPS) is 11.4. The first-order valence-electron chi connectivity index (χ1n) is 9.21. The average Bonchev–Trinajstić information content (AvgIpc) is 3.15. The molecule has 1 N–H and O–H groups in total. The Labute approximate surface area is 165 Å². The highest BCUT2D eigenvalue weighted by atomic mass is 32.2. The predicted octanol–water partition coefficient (Wildman–Crippen LogP) is 4.47. The Bertz CT molecular complexity index is 997. The van der Waals surface area contributed by atoms with Gasteiger partial charge in [-0.15, -0.1) is 0 Å². The molecule has 0 radical (unpaired) electrons. The molecule has 0 spiro atoms. The van der Waals surface area contributed by atoms with Crippen LogP contribution in [0.2, 0.25) is 0 Å². The molecule has 0 amide bonds. The van der Waals surface area contributed by atoms with E-state index in [1.807, 2.05) is 30.3 Å². The second-order valence-corrected chi connectivity index (χ2v) is 8.23. The van der Waals surface area contributed by atoms with Crippen LogP contribution >= 0.6 is 0 Å². The summed E-state index contributed by atoms with van der Waals surface area (Å²) in [6.07, 6.45) is 2.44. The van der Waals surface area contributed by atoms with Gasteiger partial charge in [0.15, 0.2) is 5.89 Å². The van der Waals surface area contributed by atoms with Crippen molar-refractivity contribution in [3.05, 3.63) is 66.1 Å². The molecule has 0 saturated carbocycles. The molecule has 6 nitrogen and oxygen atoms in total. The molecule has 148 valence electrons. The van der Waals surface area contributed by atoms with E-state index < -0.39 is 9.84 Å². The summed E-state index contributed by atoms with van der Waals surface area (Å²) in [5.41, 5.74) is 1.02. The Kier molecular flexibility index (Phi) is 6.36. The van der Waals surface area contributed by atoms with Crippen molar-refractivity contribution in [3.63, 3.8) is 0 Å². The SMILES string of the molecule is CCCCc1nc(S(=O)(=O)c2ccc(OC)cc2)c(NCc2ccccc2)o1. The van der Waals surface area contributed by atoms with E-state index in [9.17, 15) is 8.42 Å². The molecule has 3 aromatic rings. The number of benzene rings is 2. The number of rotatable bonds is 9. The first-order valence-corrected chi connectivity index (χ1v) is 10.7. The van der Waals surface area contributed by atoms with Crippen molar-refractivity contribution < 1.29 is 17.6 Å². The summed E-state index contributed by atoms with van der Waals surface area (Å²) in [5, 5.41) is 3.01. The zero-order valence-corrected chi connectivity index (χ0v) is 16.8. The molecule has 2 aromatic carbocycles. The molecule has 0 atom stereocenters. The van der Waals surface area contributed by atoms with Crippen LogP contribution in [-0.2, 0) is 22.8 Å². The van der Waals surface area contributed by atoms with Crippen molar-refractivity contribution in [1.29, 1.82) is 0 Å². The third-order valence-corrected chi connectivity index (χ3v) is 5.98. The van der Waals surface area contributed by atoms with Crippen molar-refractivity contribution in [3.8, 4) is 5.75 Å². The Balaban J connectivity index is 1.93. The van der Waals surface area contributed by atoms with E-state index in [1.165, 1.54) is 19.2 Å². The topological polar surface area (TPSA) is 81.4 Å². The summed E-state index contributed by atoms with van der Waals surface area (Å²) < 4.78 is 37.2. The van der Waals surface area contributed by atoms with Crippen molar-refractivity contribution in [2.45, 2.75) is 42.7 Å². The monoisotopic (exact) mass is 400 g/mol. The zero-order valence-electron chi connectivity index (χ0n) is 16.0. The molecule has 1 heterocycles. The van der Waals surface area contributed by atoms with Crippen molar-refractivity contribution in [2.24, 2.45) is 0 Å². The van der Waals surface area contributed by atoms with Gasteiger partial charge in [0.25, 0.3) is 0 Å². The van der Waals surface area contributed by atoms with Crippen LogP contribution in [-0.4, -0.2) is 20.5 Å². The molecular weight excluding hydrogens is 376 g/mol. The number of aromatic nitrogens is 1. The van der Waals surface area contributed by atoms with Crippen molar-refractivity contribution >= 4 is 15.7 Å². The van der Waals surface area contributed by atoms with Crippen LogP contribution in [0.25, 0.3) is 0 Å². The number of sulfone groups is 1. The fourth-order valence-corrected chi connectivity index (χ4v) is 4.02. The number of hydrogen-bond donors (Lipinski definition) is 1. The van der Waals surface area contributed by atoms with Gasteiger partial charge in [-0.1, -0.05) is 43.7 Å². The van der Waals surface area contributed by atoms with Gasteiger partial charge in [0.1, 0.15) is 5.75 Å². The Morgan fingerprint density at radius 1 is 1.07 bits per heavy atom. The maximum absolute atomic E-state index is 13.1. The molecular formula is C21H24N2O4S. The van der Waals surface area contributed by atoms with E-state index in [-0.39, 0.29) is 15.8 Å². The lowest BCUT2D eigenvalue weighted by Gasteiger charge is -2.07. The molecule has 1 aromatic heterocycles. The van der Waals surface area contributed by atoms with E-state index in [2.05, 4.69) is 17.2 Å². The number of hydrogen-bond acceptors (Lipinski definition) is 6. The largest absolute Gasteiger partial charge is 0.497 e. The second kappa shape index (κ2) is 8.93. The number of nitrogens with zero attached hydrogens (tertiary/aromatic N) is 1. The highest BCUT2D eigenvalue weighted by molar-refractivity contribution is 7.91. The summed E-state index contributed by atoms with van der Waals surface area (Å²) in [5.74, 6) is 1.18. The summed E-state index contributed by atoms with van der Waals surface area (Å²) in [4.78, 5) is 4.45. The van der Waals surface area contributed by atoms with Crippen LogP contribution in [0.4, 0.5) is 5.88 Å². The standard InChI is InChI=1S/C21H24N2O4S/c1-3-4-10-19-23-21(20(27-19)22-15-16-8-6-5-7-9-16)28(24,25)18-13-11-17(26-2)12-14-18/h5-9,11-14,22H,3-4,10,15H2,1-2H3. The highest BCUT2D eigenvalue weighted by Gasteiger charge is 2.28. The Hall–Kier alpha value is -2.80. The summed E-state index contributed by atoms with van der Waals surface area (Å²) in [6.45, 7) is 2.50. The van der Waals surface area contributed by atoms with Crippen LogP contribution in [0, 0.1) is 0 Å². The van der Waals surface area contributed by atoms with Crippen LogP contribution in [0.5, 0.6) is 5.75 Å². The first-order chi connectivity index (χ1) is 13.5. The molecule has 0 aliphatic carbocycles. The number of aryl methyl sites for hydroxylation is 1. The molecule has 3 rings (SSSR count). The lowest BCUT2D eigenvalue weighted by atomic mass is 10.2. The lowest BCUT2D eigenvalue weighted by Crippen LogP contribution is -2.07. The number of methoxy groups -OCH3 is 1. The molecule has 0 unspecified atom stereocenters. The van der Waals surface area contributed by atoms with Gasteiger partial charge in [0, 0.05) is 13.0 Å².